The Hall–Kier alpha value is -2.53. The molecule has 25 heavy (non-hydrogen) atoms. The monoisotopic (exact) mass is 348 g/mol. The van der Waals surface area contributed by atoms with Gasteiger partial charge in [-0.2, -0.15) is 4.98 Å². The van der Waals surface area contributed by atoms with Gasteiger partial charge in [-0.1, -0.05) is 36.4 Å². The third-order valence-corrected chi connectivity index (χ3v) is 5.47. The van der Waals surface area contributed by atoms with Crippen LogP contribution in [0.2, 0.25) is 0 Å². The van der Waals surface area contributed by atoms with Crippen LogP contribution in [0, 0.1) is 6.92 Å². The maximum absolute atomic E-state index is 4.84. The van der Waals surface area contributed by atoms with E-state index >= 15 is 0 Å². The summed E-state index contributed by atoms with van der Waals surface area (Å²) in [6.45, 7) is 2.09. The molecule has 0 saturated carbocycles. The summed E-state index contributed by atoms with van der Waals surface area (Å²) in [5, 5.41) is 3.39. The number of anilines is 4. The second-order valence-corrected chi connectivity index (χ2v) is 7.18. The Bertz CT molecular complexity index is 895. The fourth-order valence-electron chi connectivity index (χ4n) is 2.94. The highest BCUT2D eigenvalue weighted by Crippen LogP contribution is 2.40. The fraction of sp³-hybridized carbons (Fsp3) is 0.200. The summed E-state index contributed by atoms with van der Waals surface area (Å²) in [5.74, 6) is 2.69. The zero-order chi connectivity index (χ0) is 17.2. The Kier molecular flexibility index (Phi) is 4.32. The summed E-state index contributed by atoms with van der Waals surface area (Å²) in [6.07, 6.45) is 0.987. The SMILES string of the molecule is Cc1ccccc1Nc1nc2c(c(N(C)c3ccccc3)n1)SCC2. The molecule has 126 valence electrons. The molecule has 0 unspecified atom stereocenters. The number of hydrogen-bond acceptors (Lipinski definition) is 5. The number of aromatic nitrogens is 2. The molecule has 0 amide bonds. The largest absolute Gasteiger partial charge is 0.328 e. The minimum absolute atomic E-state index is 0.660. The van der Waals surface area contributed by atoms with Crippen molar-refractivity contribution in [2.45, 2.75) is 18.2 Å². The molecule has 4 rings (SSSR count). The summed E-state index contributed by atoms with van der Waals surface area (Å²) in [6, 6.07) is 18.5. The first kappa shape index (κ1) is 16.0. The van der Waals surface area contributed by atoms with E-state index in [0.717, 1.165) is 35.1 Å². The van der Waals surface area contributed by atoms with Crippen LogP contribution in [0.25, 0.3) is 0 Å². The number of fused-ring (bicyclic) bond motifs is 1. The first-order valence-corrected chi connectivity index (χ1v) is 9.36. The lowest BCUT2D eigenvalue weighted by atomic mass is 10.2. The lowest BCUT2D eigenvalue weighted by Crippen LogP contribution is -2.14. The van der Waals surface area contributed by atoms with Gasteiger partial charge in [-0.05, 0) is 30.7 Å². The van der Waals surface area contributed by atoms with Crippen molar-refractivity contribution < 1.29 is 0 Å². The van der Waals surface area contributed by atoms with E-state index in [-0.39, 0.29) is 0 Å². The molecule has 4 nitrogen and oxygen atoms in total. The van der Waals surface area contributed by atoms with Gasteiger partial charge in [0.15, 0.2) is 5.82 Å². The second kappa shape index (κ2) is 6.76. The van der Waals surface area contributed by atoms with Gasteiger partial charge in [-0.25, -0.2) is 4.98 Å². The van der Waals surface area contributed by atoms with E-state index in [0.29, 0.717) is 5.95 Å². The third-order valence-electron chi connectivity index (χ3n) is 4.36. The molecule has 0 atom stereocenters. The highest BCUT2D eigenvalue weighted by atomic mass is 32.2. The first-order chi connectivity index (χ1) is 12.2. The van der Waals surface area contributed by atoms with Gasteiger partial charge in [0.2, 0.25) is 5.95 Å². The zero-order valence-electron chi connectivity index (χ0n) is 14.4. The molecule has 0 aliphatic carbocycles. The van der Waals surface area contributed by atoms with Gasteiger partial charge in [-0.3, -0.25) is 0 Å². The average molecular weight is 348 g/mol. The molecule has 1 N–H and O–H groups in total. The smallest absolute Gasteiger partial charge is 0.229 e. The van der Waals surface area contributed by atoms with Gasteiger partial charge in [-0.15, -0.1) is 11.8 Å². The molecule has 0 spiro atoms. The van der Waals surface area contributed by atoms with Crippen LogP contribution in [-0.2, 0) is 6.42 Å². The van der Waals surface area contributed by atoms with Crippen LogP contribution in [0.4, 0.5) is 23.1 Å². The average Bonchev–Trinajstić information content (AvgIpc) is 3.12. The number of hydrogen-bond donors (Lipinski definition) is 1. The van der Waals surface area contributed by atoms with Gasteiger partial charge in [0.05, 0.1) is 10.6 Å². The highest BCUT2D eigenvalue weighted by Gasteiger charge is 2.23. The van der Waals surface area contributed by atoms with Gasteiger partial charge in [0.25, 0.3) is 0 Å². The highest BCUT2D eigenvalue weighted by molar-refractivity contribution is 7.99. The Morgan fingerprint density at radius 1 is 1.00 bits per heavy atom. The fourth-order valence-corrected chi connectivity index (χ4v) is 4.07. The Morgan fingerprint density at radius 2 is 1.76 bits per heavy atom. The van der Waals surface area contributed by atoms with Crippen LogP contribution in [0.5, 0.6) is 0 Å². The maximum atomic E-state index is 4.84. The molecule has 0 radical (unpaired) electrons. The van der Waals surface area contributed by atoms with Crippen LogP contribution in [0.3, 0.4) is 0 Å². The van der Waals surface area contributed by atoms with Crippen LogP contribution in [0.1, 0.15) is 11.3 Å². The van der Waals surface area contributed by atoms with E-state index in [4.69, 9.17) is 9.97 Å². The van der Waals surface area contributed by atoms with Crippen molar-refractivity contribution in [1.82, 2.24) is 9.97 Å². The molecule has 2 aromatic carbocycles. The van der Waals surface area contributed by atoms with E-state index < -0.39 is 0 Å². The molecule has 1 aliphatic rings. The maximum Gasteiger partial charge on any atom is 0.229 e. The van der Waals surface area contributed by atoms with Crippen molar-refractivity contribution in [3.8, 4) is 0 Å². The molecule has 1 aromatic heterocycles. The summed E-state index contributed by atoms with van der Waals surface area (Å²) in [5.41, 5.74) is 4.48. The zero-order valence-corrected chi connectivity index (χ0v) is 15.2. The van der Waals surface area contributed by atoms with Crippen molar-refractivity contribution in [3.05, 3.63) is 65.9 Å². The van der Waals surface area contributed by atoms with Crippen molar-refractivity contribution in [1.29, 1.82) is 0 Å². The summed E-state index contributed by atoms with van der Waals surface area (Å²) >= 11 is 1.84. The van der Waals surface area contributed by atoms with Gasteiger partial charge in [0.1, 0.15) is 0 Å². The van der Waals surface area contributed by atoms with E-state index in [1.165, 1.54) is 10.5 Å². The van der Waals surface area contributed by atoms with Gasteiger partial charge < -0.3 is 10.2 Å². The molecule has 2 heterocycles. The van der Waals surface area contributed by atoms with Crippen LogP contribution >= 0.6 is 11.8 Å². The lowest BCUT2D eigenvalue weighted by molar-refractivity contribution is 0.957. The number of aryl methyl sites for hydroxylation is 2. The molecule has 5 heteroatoms. The van der Waals surface area contributed by atoms with Crippen molar-refractivity contribution >= 4 is 34.9 Å². The first-order valence-electron chi connectivity index (χ1n) is 8.37. The predicted octanol–water partition coefficient (Wildman–Crippen LogP) is 4.94. The second-order valence-electron chi connectivity index (χ2n) is 6.08. The number of benzene rings is 2. The minimum Gasteiger partial charge on any atom is -0.328 e. The lowest BCUT2D eigenvalue weighted by Gasteiger charge is -2.21. The van der Waals surface area contributed by atoms with Crippen molar-refractivity contribution in [2.75, 3.05) is 23.0 Å². The Morgan fingerprint density at radius 3 is 2.56 bits per heavy atom. The van der Waals surface area contributed by atoms with Crippen LogP contribution in [0.15, 0.2) is 59.5 Å². The standard InChI is InChI=1S/C20H20N4S/c1-14-8-6-7-11-16(14)21-20-22-17-12-13-25-18(17)19(23-20)24(2)15-9-4-3-5-10-15/h3-11H,12-13H2,1-2H3,(H,21,22,23). The topological polar surface area (TPSA) is 41.1 Å². The number of para-hydroxylation sites is 2. The summed E-state index contributed by atoms with van der Waals surface area (Å²) in [7, 11) is 2.06. The summed E-state index contributed by atoms with van der Waals surface area (Å²) < 4.78 is 0. The molecule has 1 aliphatic heterocycles. The van der Waals surface area contributed by atoms with E-state index in [1.54, 1.807) is 0 Å². The number of nitrogens with zero attached hydrogens (tertiary/aromatic N) is 3. The van der Waals surface area contributed by atoms with Crippen molar-refractivity contribution in [3.63, 3.8) is 0 Å². The van der Waals surface area contributed by atoms with Gasteiger partial charge in [0, 0.05) is 30.6 Å². The Labute approximate surface area is 152 Å². The minimum atomic E-state index is 0.660. The molecular weight excluding hydrogens is 328 g/mol. The number of rotatable bonds is 4. The third kappa shape index (κ3) is 3.20. The molecule has 3 aromatic rings. The van der Waals surface area contributed by atoms with E-state index in [9.17, 15) is 0 Å². The quantitative estimate of drug-likeness (QED) is 0.723. The Balaban J connectivity index is 1.74. The number of nitrogens with one attached hydrogen (secondary N) is 1. The predicted molar refractivity (Wildman–Crippen MR) is 105 cm³/mol. The molecule has 0 fully saturated rings. The molecule has 0 bridgehead atoms. The molecular formula is C20H20N4S. The summed E-state index contributed by atoms with van der Waals surface area (Å²) in [4.78, 5) is 12.9. The van der Waals surface area contributed by atoms with Crippen LogP contribution in [-0.4, -0.2) is 22.8 Å². The normalized spacial score (nSPS) is 12.7. The van der Waals surface area contributed by atoms with E-state index in [2.05, 4.69) is 48.5 Å². The van der Waals surface area contributed by atoms with Crippen LogP contribution < -0.4 is 10.2 Å². The van der Waals surface area contributed by atoms with Crippen molar-refractivity contribution in [2.24, 2.45) is 0 Å². The number of thioether (sulfide) groups is 1. The van der Waals surface area contributed by atoms with E-state index in [1.807, 2.05) is 42.1 Å². The van der Waals surface area contributed by atoms with Gasteiger partial charge >= 0.3 is 0 Å². The molecule has 0 saturated heterocycles.